The molecule has 0 saturated heterocycles. The predicted molar refractivity (Wildman–Crippen MR) is 120 cm³/mol. The zero-order chi connectivity index (χ0) is 17.4. The van der Waals surface area contributed by atoms with Crippen molar-refractivity contribution in [2.75, 3.05) is 25.0 Å². The largest absolute Gasteiger partial charge is 0.364 e. The Labute approximate surface area is 170 Å². The molecule has 1 aliphatic heterocycles. The van der Waals surface area contributed by atoms with E-state index >= 15 is 0 Å². The number of rotatable bonds is 7. The third kappa shape index (κ3) is 7.67. The second-order valence-corrected chi connectivity index (χ2v) is 6.99. The first kappa shape index (κ1) is 21.8. The minimum atomic E-state index is 0. The molecule has 1 aromatic rings. The topological polar surface area (TPSA) is 39.7 Å². The van der Waals surface area contributed by atoms with Gasteiger partial charge >= 0.3 is 0 Å². The highest BCUT2D eigenvalue weighted by molar-refractivity contribution is 14.0. The van der Waals surface area contributed by atoms with E-state index in [1.807, 2.05) is 7.05 Å². The lowest BCUT2D eigenvalue weighted by atomic mass is 10.0. The van der Waals surface area contributed by atoms with Crippen LogP contribution in [0.3, 0.4) is 0 Å². The van der Waals surface area contributed by atoms with Gasteiger partial charge in [-0.25, -0.2) is 0 Å². The first-order valence-electron chi connectivity index (χ1n) is 9.04. The number of aliphatic imine (C=N–C) groups is 1. The van der Waals surface area contributed by atoms with Gasteiger partial charge in [0.1, 0.15) is 0 Å². The average molecular weight is 456 g/mol. The van der Waals surface area contributed by atoms with Crippen molar-refractivity contribution in [3.05, 3.63) is 42.0 Å². The van der Waals surface area contributed by atoms with Gasteiger partial charge in [0.25, 0.3) is 0 Å². The predicted octanol–water partition coefficient (Wildman–Crippen LogP) is 4.17. The lowest BCUT2D eigenvalue weighted by Crippen LogP contribution is -2.41. The summed E-state index contributed by atoms with van der Waals surface area (Å²) in [5.74, 6) is 1.62. The first-order valence-corrected chi connectivity index (χ1v) is 9.04. The Kier molecular flexibility index (Phi) is 9.93. The third-order valence-electron chi connectivity index (χ3n) is 4.36. The quantitative estimate of drug-likeness (QED) is 0.280. The maximum Gasteiger partial charge on any atom is 0.191 e. The summed E-state index contributed by atoms with van der Waals surface area (Å²) in [6.07, 6.45) is 6.83. The van der Waals surface area contributed by atoms with Crippen LogP contribution in [0.4, 0.5) is 5.69 Å². The van der Waals surface area contributed by atoms with E-state index in [2.05, 4.69) is 77.7 Å². The Morgan fingerprint density at radius 1 is 1.08 bits per heavy atom. The molecule has 0 aromatic heterocycles. The van der Waals surface area contributed by atoms with Gasteiger partial charge in [-0.15, -0.1) is 24.0 Å². The number of anilines is 1. The van der Waals surface area contributed by atoms with E-state index in [9.17, 15) is 0 Å². The van der Waals surface area contributed by atoms with Crippen LogP contribution in [0.15, 0.2) is 41.4 Å². The van der Waals surface area contributed by atoms with Gasteiger partial charge in [-0.2, -0.15) is 0 Å². The van der Waals surface area contributed by atoms with E-state index in [0.29, 0.717) is 6.04 Å². The lowest BCUT2D eigenvalue weighted by molar-refractivity contribution is 0.489. The molecule has 0 fully saturated rings. The fourth-order valence-corrected chi connectivity index (χ4v) is 2.78. The summed E-state index contributed by atoms with van der Waals surface area (Å²) in [4.78, 5) is 6.68. The molecule has 0 amide bonds. The maximum atomic E-state index is 4.33. The summed E-state index contributed by atoms with van der Waals surface area (Å²) >= 11 is 0. The molecule has 25 heavy (non-hydrogen) atoms. The van der Waals surface area contributed by atoms with Crippen molar-refractivity contribution in [3.8, 4) is 0 Å². The van der Waals surface area contributed by atoms with Crippen LogP contribution in [0.2, 0.25) is 0 Å². The van der Waals surface area contributed by atoms with E-state index in [4.69, 9.17) is 0 Å². The zero-order valence-corrected chi connectivity index (χ0v) is 18.3. The van der Waals surface area contributed by atoms with Gasteiger partial charge in [0.05, 0.1) is 0 Å². The second-order valence-electron chi connectivity index (χ2n) is 6.99. The molecule has 0 spiro atoms. The molecule has 0 bridgehead atoms. The molecule has 5 heteroatoms. The van der Waals surface area contributed by atoms with Crippen LogP contribution in [0.1, 0.15) is 39.2 Å². The van der Waals surface area contributed by atoms with Gasteiger partial charge in [-0.05, 0) is 43.4 Å². The summed E-state index contributed by atoms with van der Waals surface area (Å²) in [5, 5.41) is 6.88. The third-order valence-corrected chi connectivity index (χ3v) is 4.36. The Hall–Kier alpha value is -1.24. The van der Waals surface area contributed by atoms with Crippen molar-refractivity contribution in [1.82, 2.24) is 10.6 Å². The van der Waals surface area contributed by atoms with E-state index in [1.165, 1.54) is 17.7 Å². The normalized spacial score (nSPS) is 15.2. The average Bonchev–Trinajstić information content (AvgIpc) is 3.11. The van der Waals surface area contributed by atoms with Crippen LogP contribution >= 0.6 is 24.0 Å². The smallest absolute Gasteiger partial charge is 0.191 e. The summed E-state index contributed by atoms with van der Waals surface area (Å²) in [6, 6.07) is 9.21. The van der Waals surface area contributed by atoms with E-state index in [1.54, 1.807) is 0 Å². The van der Waals surface area contributed by atoms with Crippen LogP contribution in [0.25, 0.3) is 0 Å². The Bertz CT molecular complexity index is 543. The maximum absolute atomic E-state index is 4.33. The first-order chi connectivity index (χ1) is 11.6. The Balaban J connectivity index is 0.00000312. The number of benzene rings is 1. The van der Waals surface area contributed by atoms with E-state index in [-0.39, 0.29) is 24.0 Å². The van der Waals surface area contributed by atoms with Crippen molar-refractivity contribution in [2.24, 2.45) is 10.9 Å². The molecule has 1 heterocycles. The molecule has 0 saturated carbocycles. The lowest BCUT2D eigenvalue weighted by Gasteiger charge is -2.20. The van der Waals surface area contributed by atoms with Crippen molar-refractivity contribution in [1.29, 1.82) is 0 Å². The Morgan fingerprint density at radius 2 is 1.72 bits per heavy atom. The molecule has 4 nitrogen and oxygen atoms in total. The molecular weight excluding hydrogens is 423 g/mol. The highest BCUT2D eigenvalue weighted by Crippen LogP contribution is 2.17. The fourth-order valence-electron chi connectivity index (χ4n) is 2.78. The molecule has 2 rings (SSSR count). The van der Waals surface area contributed by atoms with Gasteiger partial charge < -0.3 is 15.5 Å². The van der Waals surface area contributed by atoms with Gasteiger partial charge in [0.15, 0.2) is 5.96 Å². The molecule has 0 radical (unpaired) electrons. The molecule has 140 valence electrons. The summed E-state index contributed by atoms with van der Waals surface area (Å²) in [6.45, 7) is 9.57. The molecule has 1 aromatic carbocycles. The van der Waals surface area contributed by atoms with Gasteiger partial charge in [0, 0.05) is 38.4 Å². The minimum Gasteiger partial charge on any atom is -0.364 e. The summed E-state index contributed by atoms with van der Waals surface area (Å²) < 4.78 is 0. The van der Waals surface area contributed by atoms with Crippen molar-refractivity contribution in [2.45, 2.75) is 46.2 Å². The number of guanidine groups is 1. The molecule has 1 unspecified atom stereocenters. The fraction of sp³-hybridized carbons (Fsp3) is 0.550. The molecule has 1 atom stereocenters. The number of hydrogen-bond acceptors (Lipinski definition) is 2. The van der Waals surface area contributed by atoms with Crippen LogP contribution in [0, 0.1) is 5.92 Å². The van der Waals surface area contributed by atoms with Crippen molar-refractivity contribution >= 4 is 35.6 Å². The Morgan fingerprint density at radius 3 is 2.28 bits per heavy atom. The standard InChI is InChI=1S/C20H32N4.HI/c1-16(2)7-8-17(3)23-20(21-4)22-15-18-9-11-19(12-10-18)24-13-5-6-14-24;/h5-6,9-12,16-17H,7-8,13-15H2,1-4H3,(H2,21,22,23);1H. The highest BCUT2D eigenvalue weighted by atomic mass is 127. The van der Waals surface area contributed by atoms with E-state index in [0.717, 1.165) is 37.9 Å². The van der Waals surface area contributed by atoms with Gasteiger partial charge in [-0.1, -0.05) is 38.1 Å². The molecular formula is C20H33IN4. The number of hydrogen-bond donors (Lipinski definition) is 2. The van der Waals surface area contributed by atoms with Gasteiger partial charge in [-0.3, -0.25) is 4.99 Å². The van der Waals surface area contributed by atoms with Gasteiger partial charge in [0.2, 0.25) is 0 Å². The minimum absolute atomic E-state index is 0. The van der Waals surface area contributed by atoms with Crippen LogP contribution in [-0.4, -0.2) is 32.1 Å². The molecule has 0 aliphatic carbocycles. The van der Waals surface area contributed by atoms with Crippen LogP contribution < -0.4 is 15.5 Å². The zero-order valence-electron chi connectivity index (χ0n) is 16.0. The van der Waals surface area contributed by atoms with Crippen molar-refractivity contribution in [3.63, 3.8) is 0 Å². The number of halogens is 1. The van der Waals surface area contributed by atoms with Crippen LogP contribution in [-0.2, 0) is 6.54 Å². The summed E-state index contributed by atoms with van der Waals surface area (Å²) in [5.41, 5.74) is 2.55. The highest BCUT2D eigenvalue weighted by Gasteiger charge is 2.08. The SMILES string of the molecule is CN=C(NCc1ccc(N2CC=CC2)cc1)NC(C)CCC(C)C.I. The van der Waals surface area contributed by atoms with Crippen molar-refractivity contribution < 1.29 is 0 Å². The van der Waals surface area contributed by atoms with E-state index < -0.39 is 0 Å². The number of nitrogens with one attached hydrogen (secondary N) is 2. The molecule has 1 aliphatic rings. The summed E-state index contributed by atoms with van der Waals surface area (Å²) in [7, 11) is 1.83. The van der Waals surface area contributed by atoms with Crippen LogP contribution in [0.5, 0.6) is 0 Å². The second kappa shape index (κ2) is 11.4. The monoisotopic (exact) mass is 456 g/mol. The number of nitrogens with zero attached hydrogens (tertiary/aromatic N) is 2. The molecule has 2 N–H and O–H groups in total.